The highest BCUT2D eigenvalue weighted by atomic mass is 32.1. The van der Waals surface area contributed by atoms with Gasteiger partial charge in [-0.15, -0.1) is 0 Å². The van der Waals surface area contributed by atoms with Gasteiger partial charge in [0.25, 0.3) is 0 Å². The molecule has 1 N–H and O–H groups in total. The zero-order valence-corrected chi connectivity index (χ0v) is 15.9. The van der Waals surface area contributed by atoms with Crippen LogP contribution in [0.2, 0.25) is 0 Å². The van der Waals surface area contributed by atoms with Crippen molar-refractivity contribution in [3.63, 3.8) is 0 Å². The molecule has 25 heavy (non-hydrogen) atoms. The van der Waals surface area contributed by atoms with E-state index in [2.05, 4.69) is 58.2 Å². The Morgan fingerprint density at radius 3 is 2.24 bits per heavy atom. The van der Waals surface area contributed by atoms with E-state index in [0.29, 0.717) is 0 Å². The molecule has 0 bridgehead atoms. The number of aryl methyl sites for hydroxylation is 2. The third kappa shape index (κ3) is 4.10. The smallest absolute Gasteiger partial charge is 0.173 e. The maximum absolute atomic E-state index is 5.71. The lowest BCUT2D eigenvalue weighted by Crippen LogP contribution is -2.50. The fraction of sp³-hybridized carbons (Fsp3) is 0.400. The first-order chi connectivity index (χ1) is 12.2. The second kappa shape index (κ2) is 8.30. The van der Waals surface area contributed by atoms with Gasteiger partial charge in [0.2, 0.25) is 0 Å². The Balaban J connectivity index is 1.64. The molecule has 1 fully saturated rings. The molecule has 1 saturated heterocycles. The molecule has 1 aliphatic heterocycles. The van der Waals surface area contributed by atoms with E-state index >= 15 is 0 Å². The molecule has 0 atom stereocenters. The van der Waals surface area contributed by atoms with Crippen molar-refractivity contribution < 1.29 is 0 Å². The third-order valence-electron chi connectivity index (χ3n) is 4.77. The molecular formula is C20H26N4S. The van der Waals surface area contributed by atoms with Gasteiger partial charge in [-0.2, -0.15) is 0 Å². The predicted molar refractivity (Wildman–Crippen MR) is 109 cm³/mol. The Kier molecular flexibility index (Phi) is 5.87. The van der Waals surface area contributed by atoms with Crippen LogP contribution >= 0.6 is 12.2 Å². The first-order valence-corrected chi connectivity index (χ1v) is 9.46. The Bertz CT molecular complexity index is 687. The Labute approximate surface area is 155 Å². The third-order valence-corrected chi connectivity index (χ3v) is 5.13. The molecule has 0 unspecified atom stereocenters. The molecule has 0 saturated carbocycles. The average Bonchev–Trinajstić information content (AvgIpc) is 2.69. The minimum atomic E-state index is 0.830. The number of nitrogens with zero attached hydrogens (tertiary/aromatic N) is 3. The molecule has 1 aliphatic rings. The SMILES string of the molecule is CCc1cccc(CC)c1NC(=S)N1CCN(c2ccccn2)CC1. The minimum Gasteiger partial charge on any atom is -0.353 e. The van der Waals surface area contributed by atoms with Crippen LogP contribution in [0, 0.1) is 0 Å². The van der Waals surface area contributed by atoms with Crippen LogP contribution in [0.15, 0.2) is 42.6 Å². The van der Waals surface area contributed by atoms with E-state index in [-0.39, 0.29) is 0 Å². The van der Waals surface area contributed by atoms with E-state index in [1.165, 1.54) is 16.8 Å². The van der Waals surface area contributed by atoms with Crippen LogP contribution in [0.4, 0.5) is 11.5 Å². The molecule has 0 amide bonds. The van der Waals surface area contributed by atoms with Gasteiger partial charge in [0.1, 0.15) is 5.82 Å². The number of nitrogens with one attached hydrogen (secondary N) is 1. The molecule has 0 spiro atoms. The van der Waals surface area contributed by atoms with Crippen LogP contribution in [0.3, 0.4) is 0 Å². The summed E-state index contributed by atoms with van der Waals surface area (Å²) < 4.78 is 0. The Hall–Kier alpha value is -2.14. The minimum absolute atomic E-state index is 0.830. The first-order valence-electron chi connectivity index (χ1n) is 9.05. The normalized spacial score (nSPS) is 14.5. The predicted octanol–water partition coefficient (Wildman–Crippen LogP) is 3.73. The van der Waals surface area contributed by atoms with Gasteiger partial charge in [-0.25, -0.2) is 4.98 Å². The van der Waals surface area contributed by atoms with Gasteiger partial charge in [-0.05, 0) is 48.3 Å². The van der Waals surface area contributed by atoms with Gasteiger partial charge in [-0.3, -0.25) is 0 Å². The Morgan fingerprint density at radius 1 is 1.00 bits per heavy atom. The van der Waals surface area contributed by atoms with E-state index in [1.807, 2.05) is 18.3 Å². The van der Waals surface area contributed by atoms with Crippen molar-refractivity contribution in [2.75, 3.05) is 36.4 Å². The summed E-state index contributed by atoms with van der Waals surface area (Å²) in [4.78, 5) is 9.02. The van der Waals surface area contributed by atoms with E-state index in [4.69, 9.17) is 12.2 Å². The van der Waals surface area contributed by atoms with Crippen molar-refractivity contribution >= 4 is 28.8 Å². The summed E-state index contributed by atoms with van der Waals surface area (Å²) in [7, 11) is 0. The second-order valence-electron chi connectivity index (χ2n) is 6.25. The number of para-hydroxylation sites is 1. The molecular weight excluding hydrogens is 328 g/mol. The van der Waals surface area contributed by atoms with Crippen LogP contribution < -0.4 is 10.2 Å². The second-order valence-corrected chi connectivity index (χ2v) is 6.64. The number of piperazine rings is 1. The van der Waals surface area contributed by atoms with Crippen LogP contribution in [-0.2, 0) is 12.8 Å². The van der Waals surface area contributed by atoms with Crippen molar-refractivity contribution in [2.24, 2.45) is 0 Å². The molecule has 3 rings (SSSR count). The maximum Gasteiger partial charge on any atom is 0.173 e. The maximum atomic E-state index is 5.71. The van der Waals surface area contributed by atoms with E-state index < -0.39 is 0 Å². The molecule has 1 aromatic heterocycles. The number of pyridine rings is 1. The standard InChI is InChI=1S/C20H26N4S/c1-3-16-8-7-9-17(4-2)19(16)22-20(25)24-14-12-23(13-15-24)18-10-5-6-11-21-18/h5-11H,3-4,12-15H2,1-2H3,(H,22,25). The zero-order valence-electron chi connectivity index (χ0n) is 15.0. The number of rotatable bonds is 4. The van der Waals surface area contributed by atoms with Gasteiger partial charge in [-0.1, -0.05) is 38.1 Å². The number of anilines is 2. The fourth-order valence-corrected chi connectivity index (χ4v) is 3.55. The molecule has 5 heteroatoms. The lowest BCUT2D eigenvalue weighted by atomic mass is 10.0. The highest BCUT2D eigenvalue weighted by Gasteiger charge is 2.20. The molecule has 0 radical (unpaired) electrons. The highest BCUT2D eigenvalue weighted by Crippen LogP contribution is 2.23. The van der Waals surface area contributed by atoms with E-state index in [1.54, 1.807) is 0 Å². The molecule has 2 heterocycles. The number of thiocarbonyl (C=S) groups is 1. The van der Waals surface area contributed by atoms with Gasteiger partial charge in [0.15, 0.2) is 5.11 Å². The largest absolute Gasteiger partial charge is 0.353 e. The quantitative estimate of drug-likeness (QED) is 0.846. The topological polar surface area (TPSA) is 31.4 Å². The van der Waals surface area contributed by atoms with E-state index in [0.717, 1.165) is 50.0 Å². The van der Waals surface area contributed by atoms with Gasteiger partial charge in [0, 0.05) is 38.1 Å². The summed E-state index contributed by atoms with van der Waals surface area (Å²) >= 11 is 5.71. The molecule has 1 aromatic carbocycles. The van der Waals surface area contributed by atoms with E-state index in [9.17, 15) is 0 Å². The van der Waals surface area contributed by atoms with Crippen molar-refractivity contribution in [1.82, 2.24) is 9.88 Å². The van der Waals surface area contributed by atoms with Gasteiger partial charge >= 0.3 is 0 Å². The van der Waals surface area contributed by atoms with Crippen LogP contribution in [0.5, 0.6) is 0 Å². The van der Waals surface area contributed by atoms with Crippen LogP contribution in [-0.4, -0.2) is 41.2 Å². The number of benzene rings is 1. The van der Waals surface area contributed by atoms with Crippen molar-refractivity contribution in [1.29, 1.82) is 0 Å². The van der Waals surface area contributed by atoms with Crippen molar-refractivity contribution in [2.45, 2.75) is 26.7 Å². The summed E-state index contributed by atoms with van der Waals surface area (Å²) in [5, 5.41) is 4.36. The highest BCUT2D eigenvalue weighted by molar-refractivity contribution is 7.80. The lowest BCUT2D eigenvalue weighted by molar-refractivity contribution is 0.389. The molecule has 2 aromatic rings. The summed E-state index contributed by atoms with van der Waals surface area (Å²) in [5.41, 5.74) is 3.85. The number of aromatic nitrogens is 1. The zero-order chi connectivity index (χ0) is 17.6. The van der Waals surface area contributed by atoms with Crippen molar-refractivity contribution in [3.05, 3.63) is 53.7 Å². The first kappa shape index (κ1) is 17.7. The fourth-order valence-electron chi connectivity index (χ4n) is 3.27. The monoisotopic (exact) mass is 354 g/mol. The van der Waals surface area contributed by atoms with Crippen LogP contribution in [0.1, 0.15) is 25.0 Å². The molecule has 132 valence electrons. The summed E-state index contributed by atoms with van der Waals surface area (Å²) in [6, 6.07) is 12.6. The van der Waals surface area contributed by atoms with Crippen molar-refractivity contribution in [3.8, 4) is 0 Å². The summed E-state index contributed by atoms with van der Waals surface area (Å²) in [5.74, 6) is 1.05. The summed E-state index contributed by atoms with van der Waals surface area (Å²) in [6.07, 6.45) is 3.86. The van der Waals surface area contributed by atoms with Crippen LogP contribution in [0.25, 0.3) is 0 Å². The number of hydrogen-bond acceptors (Lipinski definition) is 3. The average molecular weight is 355 g/mol. The summed E-state index contributed by atoms with van der Waals surface area (Å²) in [6.45, 7) is 8.09. The lowest BCUT2D eigenvalue weighted by Gasteiger charge is -2.37. The Morgan fingerprint density at radius 2 is 1.68 bits per heavy atom. The molecule has 4 nitrogen and oxygen atoms in total. The van der Waals surface area contributed by atoms with Gasteiger partial charge in [0.05, 0.1) is 0 Å². The van der Waals surface area contributed by atoms with Gasteiger partial charge < -0.3 is 15.1 Å². The number of hydrogen-bond donors (Lipinski definition) is 1. The molecule has 0 aliphatic carbocycles.